The lowest BCUT2D eigenvalue weighted by Crippen LogP contribution is -2.42. The number of benzene rings is 1. The number of hydrogen-bond acceptors (Lipinski definition) is 2. The zero-order valence-corrected chi connectivity index (χ0v) is 11.2. The molecule has 2 rings (SSSR count). The highest BCUT2D eigenvalue weighted by Gasteiger charge is 2.17. The molecule has 1 aliphatic heterocycles. The summed E-state index contributed by atoms with van der Waals surface area (Å²) in [5.41, 5.74) is 1.03. The first-order valence-corrected chi connectivity index (χ1v) is 6.98. The van der Waals surface area contributed by atoms with E-state index < -0.39 is 0 Å². The van der Waals surface area contributed by atoms with Crippen LogP contribution in [0.3, 0.4) is 0 Å². The lowest BCUT2D eigenvalue weighted by Gasteiger charge is -2.32. The number of halogens is 1. The maximum atomic E-state index is 13.0. The van der Waals surface area contributed by atoms with Crippen LogP contribution in [0.1, 0.15) is 31.7 Å². The highest BCUT2D eigenvalue weighted by molar-refractivity contribution is 5.16. The molecule has 0 saturated carbocycles. The van der Waals surface area contributed by atoms with Crippen LogP contribution in [0.4, 0.5) is 4.39 Å². The van der Waals surface area contributed by atoms with E-state index in [-0.39, 0.29) is 5.82 Å². The molecule has 1 heterocycles. The second kappa shape index (κ2) is 6.86. The Kier molecular flexibility index (Phi) is 5.14. The van der Waals surface area contributed by atoms with Gasteiger partial charge in [-0.15, -0.1) is 0 Å². The number of hydrogen-bond donors (Lipinski definition) is 1. The number of piperidine rings is 1. The van der Waals surface area contributed by atoms with Gasteiger partial charge in [0, 0.05) is 12.6 Å². The third-order valence-corrected chi connectivity index (χ3v) is 3.61. The third kappa shape index (κ3) is 4.07. The molecular formula is C15H23FN2. The summed E-state index contributed by atoms with van der Waals surface area (Å²) in [5.74, 6) is -0.146. The fraction of sp³-hybridized carbons (Fsp3) is 0.600. The van der Waals surface area contributed by atoms with Crippen molar-refractivity contribution in [2.75, 3.05) is 19.6 Å². The first kappa shape index (κ1) is 13.5. The van der Waals surface area contributed by atoms with Gasteiger partial charge in [-0.05, 0) is 56.6 Å². The Bertz CT molecular complexity index is 359. The molecule has 1 aromatic carbocycles. The van der Waals surface area contributed by atoms with Crippen LogP contribution >= 0.6 is 0 Å². The van der Waals surface area contributed by atoms with Gasteiger partial charge in [-0.25, -0.2) is 4.39 Å². The van der Waals surface area contributed by atoms with E-state index in [1.54, 1.807) is 12.1 Å². The van der Waals surface area contributed by atoms with Crippen molar-refractivity contribution in [2.45, 2.75) is 38.8 Å². The molecule has 0 unspecified atom stereocenters. The van der Waals surface area contributed by atoms with Crippen LogP contribution in [0.5, 0.6) is 0 Å². The van der Waals surface area contributed by atoms with E-state index >= 15 is 0 Å². The van der Waals surface area contributed by atoms with Gasteiger partial charge < -0.3 is 10.2 Å². The summed E-state index contributed by atoms with van der Waals surface area (Å²) < 4.78 is 13.0. The van der Waals surface area contributed by atoms with Gasteiger partial charge >= 0.3 is 0 Å². The molecular weight excluding hydrogens is 227 g/mol. The highest BCUT2D eigenvalue weighted by atomic mass is 19.1. The van der Waals surface area contributed by atoms with Crippen molar-refractivity contribution in [3.8, 4) is 0 Å². The van der Waals surface area contributed by atoms with E-state index in [0.717, 1.165) is 12.1 Å². The molecule has 0 spiro atoms. The number of rotatable bonds is 5. The molecule has 100 valence electrons. The summed E-state index contributed by atoms with van der Waals surface area (Å²) in [6.07, 6.45) is 3.64. The Balaban J connectivity index is 1.72. The largest absolute Gasteiger partial charge is 0.310 e. The zero-order valence-electron chi connectivity index (χ0n) is 11.2. The average molecular weight is 250 g/mol. The van der Waals surface area contributed by atoms with Crippen molar-refractivity contribution >= 4 is 0 Å². The van der Waals surface area contributed by atoms with Crippen molar-refractivity contribution in [1.29, 1.82) is 0 Å². The molecule has 1 aliphatic rings. The summed E-state index contributed by atoms with van der Waals surface area (Å²) in [7, 11) is 0. The van der Waals surface area contributed by atoms with Crippen molar-refractivity contribution in [3.63, 3.8) is 0 Å². The van der Waals surface area contributed by atoms with E-state index in [2.05, 4.69) is 17.1 Å². The van der Waals surface area contributed by atoms with E-state index in [0.29, 0.717) is 6.04 Å². The van der Waals surface area contributed by atoms with Crippen LogP contribution in [0.15, 0.2) is 24.3 Å². The van der Waals surface area contributed by atoms with Gasteiger partial charge in [-0.3, -0.25) is 0 Å². The molecule has 3 heteroatoms. The topological polar surface area (TPSA) is 15.3 Å². The minimum Gasteiger partial charge on any atom is -0.310 e. The molecule has 1 aromatic rings. The SMILES string of the molecule is CCCN1CCC(NCc2cccc(F)c2)CC1. The van der Waals surface area contributed by atoms with E-state index in [1.165, 1.54) is 45.0 Å². The van der Waals surface area contributed by atoms with Crippen molar-refractivity contribution in [2.24, 2.45) is 0 Å². The fourth-order valence-electron chi connectivity index (χ4n) is 2.59. The third-order valence-electron chi connectivity index (χ3n) is 3.61. The fourth-order valence-corrected chi connectivity index (χ4v) is 2.59. The molecule has 0 radical (unpaired) electrons. The first-order chi connectivity index (χ1) is 8.78. The van der Waals surface area contributed by atoms with Crippen LogP contribution in [0.2, 0.25) is 0 Å². The molecule has 0 bridgehead atoms. The smallest absolute Gasteiger partial charge is 0.123 e. The predicted octanol–water partition coefficient (Wildman–Crippen LogP) is 2.79. The quantitative estimate of drug-likeness (QED) is 0.864. The van der Waals surface area contributed by atoms with Gasteiger partial charge in [0.15, 0.2) is 0 Å². The Labute approximate surface area is 109 Å². The van der Waals surface area contributed by atoms with Crippen molar-refractivity contribution in [1.82, 2.24) is 10.2 Å². The second-order valence-corrected chi connectivity index (χ2v) is 5.13. The highest BCUT2D eigenvalue weighted by Crippen LogP contribution is 2.11. The maximum absolute atomic E-state index is 13.0. The predicted molar refractivity (Wildman–Crippen MR) is 73.0 cm³/mol. The molecule has 1 fully saturated rings. The molecule has 0 aliphatic carbocycles. The monoisotopic (exact) mass is 250 g/mol. The molecule has 2 nitrogen and oxygen atoms in total. The zero-order chi connectivity index (χ0) is 12.8. The van der Waals surface area contributed by atoms with Gasteiger partial charge in [-0.2, -0.15) is 0 Å². The molecule has 0 amide bonds. The molecule has 1 N–H and O–H groups in total. The van der Waals surface area contributed by atoms with E-state index in [4.69, 9.17) is 0 Å². The average Bonchev–Trinajstić information content (AvgIpc) is 2.38. The minimum absolute atomic E-state index is 0.146. The van der Waals surface area contributed by atoms with Crippen molar-refractivity contribution < 1.29 is 4.39 Å². The maximum Gasteiger partial charge on any atom is 0.123 e. The number of nitrogens with zero attached hydrogens (tertiary/aromatic N) is 1. The molecule has 18 heavy (non-hydrogen) atoms. The van der Waals surface area contributed by atoms with E-state index in [1.807, 2.05) is 6.07 Å². The van der Waals surface area contributed by atoms with Gasteiger partial charge in [0.2, 0.25) is 0 Å². The summed E-state index contributed by atoms with van der Waals surface area (Å²) in [6.45, 7) is 6.60. The van der Waals surface area contributed by atoms with Crippen LogP contribution in [0.25, 0.3) is 0 Å². The molecule has 1 saturated heterocycles. The Morgan fingerprint density at radius 1 is 1.33 bits per heavy atom. The first-order valence-electron chi connectivity index (χ1n) is 6.98. The molecule has 0 aromatic heterocycles. The van der Waals surface area contributed by atoms with Crippen molar-refractivity contribution in [3.05, 3.63) is 35.6 Å². The standard InChI is InChI=1S/C15H23FN2/c1-2-8-18-9-6-15(7-10-18)17-12-13-4-3-5-14(16)11-13/h3-5,11,15,17H,2,6-10,12H2,1H3. The van der Waals surface area contributed by atoms with Gasteiger partial charge in [-0.1, -0.05) is 19.1 Å². The minimum atomic E-state index is -0.146. The van der Waals surface area contributed by atoms with Crippen LogP contribution in [-0.2, 0) is 6.54 Å². The summed E-state index contributed by atoms with van der Waals surface area (Å²) in [4.78, 5) is 2.53. The van der Waals surface area contributed by atoms with Gasteiger partial charge in [0.1, 0.15) is 5.82 Å². The van der Waals surface area contributed by atoms with Gasteiger partial charge in [0.05, 0.1) is 0 Å². The van der Waals surface area contributed by atoms with E-state index in [9.17, 15) is 4.39 Å². The summed E-state index contributed by atoms with van der Waals surface area (Å²) >= 11 is 0. The molecule has 0 atom stereocenters. The van der Waals surface area contributed by atoms with Gasteiger partial charge in [0.25, 0.3) is 0 Å². The Morgan fingerprint density at radius 2 is 2.11 bits per heavy atom. The summed E-state index contributed by atoms with van der Waals surface area (Å²) in [5, 5.41) is 3.53. The van der Waals surface area contributed by atoms with Crippen LogP contribution < -0.4 is 5.32 Å². The lowest BCUT2D eigenvalue weighted by atomic mass is 10.0. The summed E-state index contributed by atoms with van der Waals surface area (Å²) in [6, 6.07) is 7.44. The Hall–Kier alpha value is -0.930. The lowest BCUT2D eigenvalue weighted by molar-refractivity contribution is 0.197. The number of nitrogens with one attached hydrogen (secondary N) is 1. The number of likely N-dealkylation sites (tertiary alicyclic amines) is 1. The van der Waals surface area contributed by atoms with Crippen LogP contribution in [0, 0.1) is 5.82 Å². The van der Waals surface area contributed by atoms with Crippen LogP contribution in [-0.4, -0.2) is 30.6 Å². The normalized spacial score (nSPS) is 18.1. The second-order valence-electron chi connectivity index (χ2n) is 5.13. The Morgan fingerprint density at radius 3 is 2.78 bits per heavy atom.